The van der Waals surface area contributed by atoms with Crippen molar-refractivity contribution in [2.24, 2.45) is 0 Å². The van der Waals surface area contributed by atoms with Gasteiger partial charge in [-0.1, -0.05) is 64.0 Å². The van der Waals surface area contributed by atoms with Gasteiger partial charge in [0.2, 0.25) is 5.91 Å². The van der Waals surface area contributed by atoms with Gasteiger partial charge < -0.3 is 10.3 Å². The van der Waals surface area contributed by atoms with Crippen LogP contribution >= 0.6 is 0 Å². The molecule has 0 aliphatic rings. The summed E-state index contributed by atoms with van der Waals surface area (Å²) < 4.78 is 0. The number of carbonyl (C=O) groups excluding carboxylic acids is 1. The number of imidazole rings is 1. The second-order valence-electron chi connectivity index (χ2n) is 7.45. The smallest absolute Gasteiger partial charge is 0.224 e. The van der Waals surface area contributed by atoms with Crippen LogP contribution in [0.2, 0.25) is 0 Å². The van der Waals surface area contributed by atoms with Crippen molar-refractivity contribution in [3.63, 3.8) is 0 Å². The fourth-order valence-corrected chi connectivity index (χ4v) is 3.44. The van der Waals surface area contributed by atoms with Gasteiger partial charge in [0.1, 0.15) is 5.82 Å². The van der Waals surface area contributed by atoms with Gasteiger partial charge in [-0.05, 0) is 42.8 Å². The van der Waals surface area contributed by atoms with Crippen LogP contribution in [0, 0.1) is 0 Å². The molecule has 0 aliphatic carbocycles. The number of hydrogen-bond donors (Lipinski definition) is 2. The van der Waals surface area contributed by atoms with Crippen LogP contribution in [0.1, 0.15) is 64.7 Å². The summed E-state index contributed by atoms with van der Waals surface area (Å²) in [5, 5.41) is 3.00. The molecule has 1 heterocycles. The molecule has 1 amide bonds. The average Bonchev–Trinajstić information content (AvgIpc) is 3.15. The molecule has 0 unspecified atom stereocenters. The lowest BCUT2D eigenvalue weighted by Gasteiger charge is -2.06. The molecule has 0 saturated heterocycles. The summed E-state index contributed by atoms with van der Waals surface area (Å²) in [6.45, 7) is 2.24. The first-order valence-electron chi connectivity index (χ1n) is 10.6. The van der Waals surface area contributed by atoms with E-state index in [1.807, 2.05) is 48.5 Å². The Morgan fingerprint density at radius 1 is 0.893 bits per heavy atom. The molecule has 3 rings (SSSR count). The number of H-pyrrole nitrogens is 1. The number of benzene rings is 2. The number of para-hydroxylation sites is 2. The third kappa shape index (κ3) is 5.95. The topological polar surface area (TPSA) is 57.8 Å². The van der Waals surface area contributed by atoms with E-state index >= 15 is 0 Å². The maximum absolute atomic E-state index is 12.1. The molecule has 148 valence electrons. The highest BCUT2D eigenvalue weighted by Gasteiger charge is 2.06. The zero-order valence-electron chi connectivity index (χ0n) is 16.8. The monoisotopic (exact) mass is 377 g/mol. The zero-order chi connectivity index (χ0) is 19.6. The molecule has 2 aromatic carbocycles. The predicted molar refractivity (Wildman–Crippen MR) is 117 cm³/mol. The molecule has 4 nitrogen and oxygen atoms in total. The molecule has 3 aromatic rings. The van der Waals surface area contributed by atoms with E-state index in [9.17, 15) is 4.79 Å². The summed E-state index contributed by atoms with van der Waals surface area (Å²) in [6, 6.07) is 15.9. The highest BCUT2D eigenvalue weighted by Crippen LogP contribution is 2.22. The van der Waals surface area contributed by atoms with Crippen LogP contribution in [-0.4, -0.2) is 15.9 Å². The van der Waals surface area contributed by atoms with Gasteiger partial charge in [0.05, 0.1) is 11.0 Å². The van der Waals surface area contributed by atoms with E-state index in [0.29, 0.717) is 6.42 Å². The van der Waals surface area contributed by atoms with E-state index in [1.165, 1.54) is 38.5 Å². The minimum Gasteiger partial charge on any atom is -0.338 e. The summed E-state index contributed by atoms with van der Waals surface area (Å²) in [4.78, 5) is 20.1. The number of fused-ring (bicyclic) bond motifs is 1. The average molecular weight is 378 g/mol. The van der Waals surface area contributed by atoms with E-state index < -0.39 is 0 Å². The highest BCUT2D eigenvalue weighted by atomic mass is 16.1. The molecular formula is C24H31N3O. The molecule has 1 aromatic heterocycles. The Morgan fingerprint density at radius 3 is 2.29 bits per heavy atom. The van der Waals surface area contributed by atoms with E-state index in [0.717, 1.165) is 41.0 Å². The normalized spacial score (nSPS) is 11.0. The summed E-state index contributed by atoms with van der Waals surface area (Å²) in [5.41, 5.74) is 3.84. The lowest BCUT2D eigenvalue weighted by Crippen LogP contribution is -2.10. The largest absolute Gasteiger partial charge is 0.338 e. The van der Waals surface area contributed by atoms with Crippen LogP contribution in [0.4, 0.5) is 5.69 Å². The molecule has 4 heteroatoms. The molecule has 0 bridgehead atoms. The lowest BCUT2D eigenvalue weighted by atomic mass is 10.1. The van der Waals surface area contributed by atoms with Crippen LogP contribution in [0.5, 0.6) is 0 Å². The van der Waals surface area contributed by atoms with Crippen molar-refractivity contribution in [3.05, 3.63) is 48.5 Å². The molecule has 0 atom stereocenters. The van der Waals surface area contributed by atoms with Gasteiger partial charge >= 0.3 is 0 Å². The number of amides is 1. The van der Waals surface area contributed by atoms with Crippen molar-refractivity contribution in [1.29, 1.82) is 0 Å². The molecule has 0 spiro atoms. The second kappa shape index (κ2) is 10.6. The van der Waals surface area contributed by atoms with E-state index in [4.69, 9.17) is 0 Å². The standard InChI is InChI=1S/C24H31N3O/c1-2-3-4-5-6-7-8-9-14-23(28)25-20-17-15-19(16-18-20)24-26-21-12-10-11-13-22(21)27-24/h10-13,15-18H,2-9,14H2,1H3,(H,25,28)(H,26,27). The van der Waals surface area contributed by atoms with Gasteiger partial charge in [0, 0.05) is 17.7 Å². The van der Waals surface area contributed by atoms with Crippen LogP contribution in [0.15, 0.2) is 48.5 Å². The van der Waals surface area contributed by atoms with Crippen molar-refractivity contribution in [3.8, 4) is 11.4 Å². The van der Waals surface area contributed by atoms with E-state index in [-0.39, 0.29) is 5.91 Å². The first kappa shape index (κ1) is 20.1. The Balaban J connectivity index is 1.41. The molecular weight excluding hydrogens is 346 g/mol. The number of anilines is 1. The SMILES string of the molecule is CCCCCCCCCCC(=O)Nc1ccc(-c2nc3ccccc3[nH]2)cc1. The summed E-state index contributed by atoms with van der Waals surface area (Å²) in [5.74, 6) is 0.945. The molecule has 0 fully saturated rings. The minimum absolute atomic E-state index is 0.0995. The van der Waals surface area contributed by atoms with Crippen LogP contribution in [0.3, 0.4) is 0 Å². The van der Waals surface area contributed by atoms with Gasteiger partial charge in [0.25, 0.3) is 0 Å². The highest BCUT2D eigenvalue weighted by molar-refractivity contribution is 5.91. The number of aromatic amines is 1. The Hall–Kier alpha value is -2.62. The van der Waals surface area contributed by atoms with Crippen molar-refractivity contribution >= 4 is 22.6 Å². The molecule has 2 N–H and O–H groups in total. The zero-order valence-corrected chi connectivity index (χ0v) is 16.8. The van der Waals surface area contributed by atoms with Crippen molar-refractivity contribution in [1.82, 2.24) is 9.97 Å². The third-order valence-corrected chi connectivity index (χ3v) is 5.09. The van der Waals surface area contributed by atoms with Crippen LogP contribution in [0.25, 0.3) is 22.4 Å². The van der Waals surface area contributed by atoms with Gasteiger partial charge in [-0.15, -0.1) is 0 Å². The summed E-state index contributed by atoms with van der Waals surface area (Å²) >= 11 is 0. The Morgan fingerprint density at radius 2 is 1.57 bits per heavy atom. The number of hydrogen-bond acceptors (Lipinski definition) is 2. The van der Waals surface area contributed by atoms with Gasteiger partial charge in [-0.25, -0.2) is 4.98 Å². The minimum atomic E-state index is 0.0995. The summed E-state index contributed by atoms with van der Waals surface area (Å²) in [6.07, 6.45) is 10.6. The quantitative estimate of drug-likeness (QED) is 0.365. The third-order valence-electron chi connectivity index (χ3n) is 5.09. The predicted octanol–water partition coefficient (Wildman–Crippen LogP) is 6.70. The number of carbonyl (C=O) groups is 1. The van der Waals surface area contributed by atoms with Crippen LogP contribution in [-0.2, 0) is 4.79 Å². The van der Waals surface area contributed by atoms with Gasteiger partial charge in [0.15, 0.2) is 0 Å². The van der Waals surface area contributed by atoms with Crippen molar-refractivity contribution in [2.45, 2.75) is 64.7 Å². The number of aromatic nitrogens is 2. The van der Waals surface area contributed by atoms with Crippen molar-refractivity contribution < 1.29 is 4.79 Å². The maximum Gasteiger partial charge on any atom is 0.224 e. The summed E-state index contributed by atoms with van der Waals surface area (Å²) in [7, 11) is 0. The van der Waals surface area contributed by atoms with E-state index in [1.54, 1.807) is 0 Å². The number of rotatable bonds is 11. The Labute approximate surface area is 167 Å². The van der Waals surface area contributed by atoms with Crippen molar-refractivity contribution in [2.75, 3.05) is 5.32 Å². The number of unbranched alkanes of at least 4 members (excludes halogenated alkanes) is 7. The fraction of sp³-hybridized carbons (Fsp3) is 0.417. The van der Waals surface area contributed by atoms with E-state index in [2.05, 4.69) is 22.2 Å². The molecule has 0 radical (unpaired) electrons. The van der Waals surface area contributed by atoms with Gasteiger partial charge in [-0.2, -0.15) is 0 Å². The molecule has 28 heavy (non-hydrogen) atoms. The Bertz CT molecular complexity index is 834. The number of nitrogens with zero attached hydrogens (tertiary/aromatic N) is 1. The molecule has 0 aliphatic heterocycles. The fourth-order valence-electron chi connectivity index (χ4n) is 3.44. The van der Waals surface area contributed by atoms with Crippen LogP contribution < -0.4 is 5.32 Å². The number of nitrogens with one attached hydrogen (secondary N) is 2. The first-order chi connectivity index (χ1) is 13.8. The Kier molecular flexibility index (Phi) is 7.65. The lowest BCUT2D eigenvalue weighted by molar-refractivity contribution is -0.116. The first-order valence-corrected chi connectivity index (χ1v) is 10.6. The van der Waals surface area contributed by atoms with Gasteiger partial charge in [-0.3, -0.25) is 4.79 Å². The molecule has 0 saturated carbocycles. The second-order valence-corrected chi connectivity index (χ2v) is 7.45. The maximum atomic E-state index is 12.1.